The first kappa shape index (κ1) is 12.0. The van der Waals surface area contributed by atoms with E-state index in [9.17, 15) is 4.79 Å². The van der Waals surface area contributed by atoms with Crippen molar-refractivity contribution >= 4 is 12.1 Å². The summed E-state index contributed by atoms with van der Waals surface area (Å²) in [6.45, 7) is 6.17. The van der Waals surface area contributed by atoms with E-state index in [4.69, 9.17) is 5.73 Å². The van der Waals surface area contributed by atoms with Crippen LogP contribution in [0.4, 0.5) is 0 Å². The lowest BCUT2D eigenvalue weighted by Gasteiger charge is -1.94. The summed E-state index contributed by atoms with van der Waals surface area (Å²) in [4.78, 5) is 15.3. The molecule has 0 unspecified atom stereocenters. The molecule has 0 atom stereocenters. The quantitative estimate of drug-likeness (QED) is 0.820. The second kappa shape index (κ2) is 4.82. The van der Waals surface area contributed by atoms with Gasteiger partial charge in [0.1, 0.15) is 5.82 Å². The fourth-order valence-electron chi connectivity index (χ4n) is 1.64. The van der Waals surface area contributed by atoms with Crippen LogP contribution in [0.1, 0.15) is 28.9 Å². The van der Waals surface area contributed by atoms with E-state index < -0.39 is 5.91 Å². The van der Waals surface area contributed by atoms with Crippen molar-refractivity contribution in [3.63, 3.8) is 0 Å². The molecule has 0 aliphatic heterocycles. The maximum Gasteiger partial charge on any atom is 0.270 e. The number of nitrogens with two attached hydrogens (primary N) is 1. The molecule has 7 heteroatoms. The molecule has 0 fully saturated rings. The van der Waals surface area contributed by atoms with Crippen LogP contribution >= 0.6 is 0 Å². The Morgan fingerprint density at radius 1 is 1.56 bits per heavy atom. The van der Waals surface area contributed by atoms with Crippen molar-refractivity contribution in [3.05, 3.63) is 36.2 Å². The van der Waals surface area contributed by atoms with E-state index in [1.54, 1.807) is 6.20 Å². The van der Waals surface area contributed by atoms with Crippen LogP contribution in [0.3, 0.4) is 0 Å². The molecule has 2 heterocycles. The van der Waals surface area contributed by atoms with Gasteiger partial charge in [0.2, 0.25) is 0 Å². The van der Waals surface area contributed by atoms with Crippen molar-refractivity contribution in [2.45, 2.75) is 19.9 Å². The Morgan fingerprint density at radius 3 is 2.83 bits per heavy atom. The lowest BCUT2D eigenvalue weighted by molar-refractivity contribution is 0.0995. The smallest absolute Gasteiger partial charge is 0.270 e. The topological polar surface area (TPSA) is 91.6 Å². The van der Waals surface area contributed by atoms with Gasteiger partial charge in [-0.15, -0.1) is 5.10 Å². The van der Waals surface area contributed by atoms with Crippen LogP contribution in [0.2, 0.25) is 0 Å². The van der Waals surface area contributed by atoms with Gasteiger partial charge in [-0.05, 0) is 0 Å². The fourth-order valence-corrected chi connectivity index (χ4v) is 1.64. The Labute approximate surface area is 104 Å². The number of hydrogen-bond donors (Lipinski definition) is 1. The third-order valence-corrected chi connectivity index (χ3v) is 2.49. The molecule has 94 valence electrons. The summed E-state index contributed by atoms with van der Waals surface area (Å²) in [5.41, 5.74) is 6.08. The average molecular weight is 246 g/mol. The molecule has 0 aliphatic carbocycles. The largest absolute Gasteiger partial charge is 0.364 e. The molecule has 2 N–H and O–H groups in total. The molecule has 2 aromatic heterocycles. The summed E-state index contributed by atoms with van der Waals surface area (Å²) in [6, 6.07) is 0. The highest BCUT2D eigenvalue weighted by molar-refractivity contribution is 5.90. The fraction of sp³-hybridized carbons (Fsp3) is 0.273. The number of nitrogens with zero attached hydrogens (tertiary/aromatic N) is 5. The van der Waals surface area contributed by atoms with Crippen molar-refractivity contribution < 1.29 is 4.79 Å². The van der Waals surface area contributed by atoms with Crippen LogP contribution in [0.15, 0.2) is 19.0 Å². The predicted molar refractivity (Wildman–Crippen MR) is 65.6 cm³/mol. The number of primary amides is 1. The zero-order valence-electron chi connectivity index (χ0n) is 10.1. The lowest BCUT2D eigenvalue weighted by Crippen LogP contribution is -2.11. The SMILES string of the molecule is C=Cn1cc(Cn2cc(C(N)=O)nn2)nc1CC. The van der Waals surface area contributed by atoms with Gasteiger partial charge >= 0.3 is 0 Å². The number of carbonyl (C=O) groups is 1. The van der Waals surface area contributed by atoms with Crippen molar-refractivity contribution in [1.82, 2.24) is 24.5 Å². The maximum absolute atomic E-state index is 10.9. The summed E-state index contributed by atoms with van der Waals surface area (Å²) in [6.07, 6.45) is 5.89. The minimum Gasteiger partial charge on any atom is -0.364 e. The van der Waals surface area contributed by atoms with Gasteiger partial charge in [0.25, 0.3) is 5.91 Å². The first-order valence-corrected chi connectivity index (χ1v) is 5.53. The summed E-state index contributed by atoms with van der Waals surface area (Å²) in [7, 11) is 0. The summed E-state index contributed by atoms with van der Waals surface area (Å²) < 4.78 is 3.39. The summed E-state index contributed by atoms with van der Waals surface area (Å²) >= 11 is 0. The average Bonchev–Trinajstić information content (AvgIpc) is 2.95. The van der Waals surface area contributed by atoms with Crippen molar-refractivity contribution in [3.8, 4) is 0 Å². The van der Waals surface area contributed by atoms with Crippen molar-refractivity contribution in [2.24, 2.45) is 5.73 Å². The molecule has 18 heavy (non-hydrogen) atoms. The van der Waals surface area contributed by atoms with Gasteiger partial charge < -0.3 is 10.3 Å². The summed E-state index contributed by atoms with van der Waals surface area (Å²) in [5.74, 6) is 0.336. The third-order valence-electron chi connectivity index (χ3n) is 2.49. The molecule has 7 nitrogen and oxygen atoms in total. The van der Waals surface area contributed by atoms with E-state index in [2.05, 4.69) is 21.9 Å². The normalized spacial score (nSPS) is 10.5. The van der Waals surface area contributed by atoms with Gasteiger partial charge in [0.05, 0.1) is 18.4 Å². The van der Waals surface area contributed by atoms with E-state index in [0.29, 0.717) is 6.54 Å². The minimum atomic E-state index is -0.591. The molecule has 0 radical (unpaired) electrons. The second-order valence-corrected chi connectivity index (χ2v) is 3.76. The third kappa shape index (κ3) is 2.29. The Kier molecular flexibility index (Phi) is 3.22. The first-order chi connectivity index (χ1) is 8.63. The van der Waals surface area contributed by atoms with Crippen LogP contribution < -0.4 is 5.73 Å². The van der Waals surface area contributed by atoms with Crippen molar-refractivity contribution in [1.29, 1.82) is 0 Å². The first-order valence-electron chi connectivity index (χ1n) is 5.53. The molecule has 2 rings (SSSR count). The number of aromatic nitrogens is 5. The zero-order chi connectivity index (χ0) is 13.1. The van der Waals surface area contributed by atoms with Gasteiger partial charge in [-0.1, -0.05) is 18.7 Å². The molecule has 0 saturated carbocycles. The number of amides is 1. The van der Waals surface area contributed by atoms with Gasteiger partial charge in [0.15, 0.2) is 5.69 Å². The van der Waals surface area contributed by atoms with Crippen LogP contribution in [-0.4, -0.2) is 30.5 Å². The highest BCUT2D eigenvalue weighted by Gasteiger charge is 2.09. The predicted octanol–water partition coefficient (Wildman–Crippen LogP) is 0.285. The van der Waals surface area contributed by atoms with E-state index >= 15 is 0 Å². The minimum absolute atomic E-state index is 0.147. The monoisotopic (exact) mass is 246 g/mol. The highest BCUT2D eigenvalue weighted by Crippen LogP contribution is 2.06. The Hall–Kier alpha value is -2.44. The van der Waals surface area contributed by atoms with Crippen LogP contribution in [0, 0.1) is 0 Å². The number of hydrogen-bond acceptors (Lipinski definition) is 4. The molecule has 1 amide bonds. The van der Waals surface area contributed by atoms with E-state index in [0.717, 1.165) is 17.9 Å². The molecule has 0 aromatic carbocycles. The second-order valence-electron chi connectivity index (χ2n) is 3.76. The lowest BCUT2D eigenvalue weighted by atomic mass is 10.4. The molecule has 0 saturated heterocycles. The zero-order valence-corrected chi connectivity index (χ0v) is 10.1. The van der Waals surface area contributed by atoms with Gasteiger partial charge in [-0.3, -0.25) is 4.79 Å². The Balaban J connectivity index is 2.20. The summed E-state index contributed by atoms with van der Waals surface area (Å²) in [5, 5.41) is 7.48. The van der Waals surface area contributed by atoms with Crippen molar-refractivity contribution in [2.75, 3.05) is 0 Å². The Morgan fingerprint density at radius 2 is 2.33 bits per heavy atom. The van der Waals surface area contributed by atoms with Crippen LogP contribution in [-0.2, 0) is 13.0 Å². The molecular weight excluding hydrogens is 232 g/mol. The molecule has 0 aliphatic rings. The highest BCUT2D eigenvalue weighted by atomic mass is 16.1. The Bertz CT molecular complexity index is 582. The number of aryl methyl sites for hydroxylation is 1. The molecule has 2 aromatic rings. The van der Waals surface area contributed by atoms with E-state index in [1.807, 2.05) is 17.7 Å². The van der Waals surface area contributed by atoms with E-state index in [-0.39, 0.29) is 5.69 Å². The van der Waals surface area contributed by atoms with Gasteiger partial charge in [-0.2, -0.15) is 0 Å². The number of carbonyl (C=O) groups excluding carboxylic acids is 1. The van der Waals surface area contributed by atoms with E-state index in [1.165, 1.54) is 10.9 Å². The standard InChI is InChI=1S/C11H14N6O/c1-3-10-13-8(5-16(10)4-2)6-17-7-9(11(12)18)14-15-17/h4-5,7H,2-3,6H2,1H3,(H2,12,18). The number of rotatable bonds is 5. The van der Waals surface area contributed by atoms with Crippen LogP contribution in [0.25, 0.3) is 6.20 Å². The maximum atomic E-state index is 10.9. The molecule has 0 spiro atoms. The number of imidazole rings is 1. The van der Waals surface area contributed by atoms with Gasteiger partial charge in [0, 0.05) is 18.8 Å². The van der Waals surface area contributed by atoms with Crippen LogP contribution in [0.5, 0.6) is 0 Å². The molecule has 0 bridgehead atoms. The van der Waals surface area contributed by atoms with Gasteiger partial charge in [-0.25, -0.2) is 9.67 Å². The molecular formula is C11H14N6O.